The molecule has 2 aliphatic rings. The molecule has 112 valence electrons. The predicted octanol–water partition coefficient (Wildman–Crippen LogP) is 1.75. The van der Waals surface area contributed by atoms with Gasteiger partial charge in [-0.05, 0) is 26.3 Å². The highest BCUT2D eigenvalue weighted by molar-refractivity contribution is 8.00. The molecule has 2 atom stereocenters. The fourth-order valence-electron chi connectivity index (χ4n) is 2.15. The second-order valence-corrected chi connectivity index (χ2v) is 7.03. The van der Waals surface area contributed by atoms with Gasteiger partial charge in [-0.15, -0.1) is 23.4 Å². The highest BCUT2D eigenvalue weighted by Gasteiger charge is 2.54. The third-order valence-corrected chi connectivity index (χ3v) is 4.64. The van der Waals surface area contributed by atoms with Crippen molar-refractivity contribution in [1.29, 1.82) is 0 Å². The first-order valence-corrected chi connectivity index (χ1v) is 7.87. The number of hydrogen-bond acceptors (Lipinski definition) is 5. The van der Waals surface area contributed by atoms with E-state index in [0.29, 0.717) is 5.75 Å². The standard InChI is InChI=1S/C13H18ClNO4S/c1-13(2,3)19-12(17)8-7(5-14)6-20-11-9(18-4)10(16)15(8)11/h9,11H,5-6H2,1-4H3/t9-,11?/m1/s1. The number of carbonyl (C=O) groups excluding carboxylic acids is 2. The molecule has 0 aromatic heterocycles. The molecular formula is C13H18ClNO4S. The van der Waals surface area contributed by atoms with Crippen molar-refractivity contribution in [3.05, 3.63) is 11.3 Å². The number of alkyl halides is 1. The van der Waals surface area contributed by atoms with Crippen molar-refractivity contribution in [1.82, 2.24) is 4.90 Å². The van der Waals surface area contributed by atoms with Gasteiger partial charge in [0.2, 0.25) is 0 Å². The third-order valence-electron chi connectivity index (χ3n) is 3.01. The maximum Gasteiger partial charge on any atom is 0.355 e. The molecule has 1 fully saturated rings. The van der Waals surface area contributed by atoms with Crippen LogP contribution in [0, 0.1) is 0 Å². The second kappa shape index (κ2) is 5.58. The lowest BCUT2D eigenvalue weighted by Crippen LogP contribution is -2.65. The number of thioether (sulfide) groups is 1. The minimum Gasteiger partial charge on any atom is -0.455 e. The maximum atomic E-state index is 12.3. The average Bonchev–Trinajstić information content (AvgIpc) is 2.35. The normalized spacial score (nSPS) is 26.2. The van der Waals surface area contributed by atoms with Crippen LogP contribution in [0.1, 0.15) is 20.8 Å². The number of amides is 1. The number of carbonyl (C=O) groups is 2. The SMILES string of the molecule is CO[C@@H]1C(=O)N2C(C(=O)OC(C)(C)C)=C(CCl)CSC12. The molecule has 0 saturated carbocycles. The molecule has 7 heteroatoms. The van der Waals surface area contributed by atoms with Gasteiger partial charge in [0.15, 0.2) is 6.10 Å². The zero-order valence-electron chi connectivity index (χ0n) is 11.9. The molecule has 2 heterocycles. The summed E-state index contributed by atoms with van der Waals surface area (Å²) in [5.41, 5.74) is 0.401. The van der Waals surface area contributed by atoms with E-state index in [1.165, 1.54) is 12.0 Å². The number of β-lactam (4-membered cyclic amide) rings is 1. The van der Waals surface area contributed by atoms with Crippen LogP contribution in [-0.4, -0.2) is 52.6 Å². The lowest BCUT2D eigenvalue weighted by molar-refractivity contribution is -0.166. The number of rotatable bonds is 3. The summed E-state index contributed by atoms with van der Waals surface area (Å²) < 4.78 is 10.5. The van der Waals surface area contributed by atoms with Gasteiger partial charge in [0.05, 0.1) is 0 Å². The van der Waals surface area contributed by atoms with E-state index in [1.807, 2.05) is 0 Å². The number of nitrogens with zero attached hydrogens (tertiary/aromatic N) is 1. The monoisotopic (exact) mass is 319 g/mol. The van der Waals surface area contributed by atoms with Crippen LogP contribution in [0.15, 0.2) is 11.3 Å². The van der Waals surface area contributed by atoms with E-state index in [2.05, 4.69) is 0 Å². The number of hydrogen-bond donors (Lipinski definition) is 0. The van der Waals surface area contributed by atoms with Gasteiger partial charge in [0.1, 0.15) is 16.7 Å². The van der Waals surface area contributed by atoms with Gasteiger partial charge in [-0.1, -0.05) is 0 Å². The van der Waals surface area contributed by atoms with Crippen molar-refractivity contribution >= 4 is 35.2 Å². The number of methoxy groups -OCH3 is 1. The molecule has 0 aliphatic carbocycles. The van der Waals surface area contributed by atoms with Crippen molar-refractivity contribution in [2.75, 3.05) is 18.7 Å². The van der Waals surface area contributed by atoms with Crippen molar-refractivity contribution in [2.24, 2.45) is 0 Å². The summed E-state index contributed by atoms with van der Waals surface area (Å²) in [4.78, 5) is 25.9. The van der Waals surface area contributed by atoms with Crippen molar-refractivity contribution in [3.63, 3.8) is 0 Å². The fraction of sp³-hybridized carbons (Fsp3) is 0.692. The predicted molar refractivity (Wildman–Crippen MR) is 77.5 cm³/mol. The minimum absolute atomic E-state index is 0.165. The smallest absolute Gasteiger partial charge is 0.355 e. The quantitative estimate of drug-likeness (QED) is 0.451. The molecule has 2 rings (SSSR count). The third kappa shape index (κ3) is 2.69. The molecule has 1 amide bonds. The van der Waals surface area contributed by atoms with Crippen molar-refractivity contribution in [2.45, 2.75) is 37.9 Å². The Balaban J connectivity index is 2.29. The van der Waals surface area contributed by atoms with Crippen LogP contribution < -0.4 is 0 Å². The Morgan fingerprint density at radius 2 is 2.15 bits per heavy atom. The first-order valence-electron chi connectivity index (χ1n) is 6.29. The molecule has 0 spiro atoms. The van der Waals surface area contributed by atoms with Crippen molar-refractivity contribution < 1.29 is 19.1 Å². The van der Waals surface area contributed by atoms with Gasteiger partial charge < -0.3 is 9.47 Å². The Labute approximate surface area is 127 Å². The van der Waals surface area contributed by atoms with E-state index >= 15 is 0 Å². The van der Waals surface area contributed by atoms with Gasteiger partial charge in [0, 0.05) is 18.7 Å². The molecule has 1 unspecified atom stereocenters. The summed E-state index contributed by atoms with van der Waals surface area (Å²) in [6.45, 7) is 5.37. The van der Waals surface area contributed by atoms with E-state index in [9.17, 15) is 9.59 Å². The Kier molecular flexibility index (Phi) is 4.37. The van der Waals surface area contributed by atoms with E-state index in [0.717, 1.165) is 5.57 Å². The van der Waals surface area contributed by atoms with Crippen LogP contribution in [0.5, 0.6) is 0 Å². The maximum absolute atomic E-state index is 12.3. The van der Waals surface area contributed by atoms with E-state index in [-0.39, 0.29) is 22.9 Å². The van der Waals surface area contributed by atoms with Gasteiger partial charge in [-0.25, -0.2) is 4.79 Å². The summed E-state index contributed by atoms with van der Waals surface area (Å²) in [6.07, 6.45) is -0.491. The molecule has 0 N–H and O–H groups in total. The number of ether oxygens (including phenoxy) is 2. The van der Waals surface area contributed by atoms with Crippen LogP contribution in [0.4, 0.5) is 0 Å². The highest BCUT2D eigenvalue weighted by atomic mass is 35.5. The second-order valence-electron chi connectivity index (χ2n) is 5.65. The Morgan fingerprint density at radius 1 is 1.50 bits per heavy atom. The summed E-state index contributed by atoms with van der Waals surface area (Å²) >= 11 is 7.45. The summed E-state index contributed by atoms with van der Waals surface area (Å²) in [6, 6.07) is 0. The number of fused-ring (bicyclic) bond motifs is 1. The Morgan fingerprint density at radius 3 is 2.65 bits per heavy atom. The number of esters is 1. The van der Waals surface area contributed by atoms with Crippen LogP contribution >= 0.6 is 23.4 Å². The fourth-order valence-corrected chi connectivity index (χ4v) is 3.85. The lowest BCUT2D eigenvalue weighted by atomic mass is 10.1. The molecule has 0 aromatic carbocycles. The molecular weight excluding hydrogens is 302 g/mol. The molecule has 1 saturated heterocycles. The zero-order chi connectivity index (χ0) is 15.1. The molecule has 0 bridgehead atoms. The molecule has 0 radical (unpaired) electrons. The highest BCUT2D eigenvalue weighted by Crippen LogP contribution is 2.42. The van der Waals surface area contributed by atoms with E-state index < -0.39 is 17.7 Å². The van der Waals surface area contributed by atoms with Crippen LogP contribution in [-0.2, 0) is 19.1 Å². The van der Waals surface area contributed by atoms with Crippen LogP contribution in [0.2, 0.25) is 0 Å². The van der Waals surface area contributed by atoms with Gasteiger partial charge in [-0.2, -0.15) is 0 Å². The summed E-state index contributed by atoms with van der Waals surface area (Å²) in [7, 11) is 1.49. The van der Waals surface area contributed by atoms with E-state index in [1.54, 1.807) is 32.5 Å². The molecule has 2 aliphatic heterocycles. The average molecular weight is 320 g/mol. The first kappa shape index (κ1) is 15.7. The van der Waals surface area contributed by atoms with Crippen LogP contribution in [0.25, 0.3) is 0 Å². The Bertz CT molecular complexity index is 471. The topological polar surface area (TPSA) is 55.8 Å². The lowest BCUT2D eigenvalue weighted by Gasteiger charge is -2.49. The van der Waals surface area contributed by atoms with Gasteiger partial charge in [0.25, 0.3) is 5.91 Å². The minimum atomic E-state index is -0.615. The zero-order valence-corrected chi connectivity index (χ0v) is 13.5. The van der Waals surface area contributed by atoms with E-state index in [4.69, 9.17) is 21.1 Å². The largest absolute Gasteiger partial charge is 0.455 e. The molecule has 0 aromatic rings. The summed E-state index contributed by atoms with van der Waals surface area (Å²) in [5, 5.41) is -0.165. The van der Waals surface area contributed by atoms with Crippen LogP contribution in [0.3, 0.4) is 0 Å². The van der Waals surface area contributed by atoms with Gasteiger partial charge >= 0.3 is 5.97 Å². The first-order chi connectivity index (χ1) is 9.30. The van der Waals surface area contributed by atoms with Crippen molar-refractivity contribution in [3.8, 4) is 0 Å². The molecule has 5 nitrogen and oxygen atoms in total. The summed E-state index contributed by atoms with van der Waals surface area (Å²) in [5.74, 6) is 0.0942. The Hall–Kier alpha value is -0.720. The molecule has 20 heavy (non-hydrogen) atoms. The number of halogens is 1. The van der Waals surface area contributed by atoms with Gasteiger partial charge in [-0.3, -0.25) is 9.69 Å².